The van der Waals surface area contributed by atoms with Gasteiger partial charge in [0.25, 0.3) is 0 Å². The molecule has 2 fully saturated rings. The molecule has 2 aliphatic rings. The number of phenols is 1. The monoisotopic (exact) mass is 244 g/mol. The van der Waals surface area contributed by atoms with E-state index < -0.39 is 0 Å². The molecule has 2 saturated carbocycles. The Balaban J connectivity index is 1.93. The van der Waals surface area contributed by atoms with Crippen LogP contribution in [0.1, 0.15) is 50.7 Å². The minimum Gasteiger partial charge on any atom is -0.508 e. The molecule has 18 heavy (non-hydrogen) atoms. The summed E-state index contributed by atoms with van der Waals surface area (Å²) in [7, 11) is 0. The van der Waals surface area contributed by atoms with Crippen LogP contribution >= 0.6 is 0 Å². The van der Waals surface area contributed by atoms with E-state index in [0.717, 1.165) is 23.3 Å². The minimum atomic E-state index is 0.488. The summed E-state index contributed by atoms with van der Waals surface area (Å²) in [4.78, 5) is 0. The van der Waals surface area contributed by atoms with Crippen LogP contribution in [0.4, 0.5) is 0 Å². The van der Waals surface area contributed by atoms with Crippen LogP contribution in [0.25, 0.3) is 0 Å². The van der Waals surface area contributed by atoms with Crippen molar-refractivity contribution in [2.45, 2.75) is 46.5 Å². The molecule has 0 heterocycles. The molecular weight excluding hydrogens is 220 g/mol. The van der Waals surface area contributed by atoms with E-state index in [1.807, 2.05) is 13.0 Å². The van der Waals surface area contributed by atoms with Crippen molar-refractivity contribution in [3.63, 3.8) is 0 Å². The van der Waals surface area contributed by atoms with Crippen molar-refractivity contribution in [3.05, 3.63) is 29.3 Å². The molecule has 0 aromatic heterocycles. The zero-order chi connectivity index (χ0) is 13.1. The summed E-state index contributed by atoms with van der Waals surface area (Å²) in [5, 5.41) is 10.2. The lowest BCUT2D eigenvalue weighted by atomic mass is 9.65. The topological polar surface area (TPSA) is 20.2 Å². The van der Waals surface area contributed by atoms with Gasteiger partial charge in [0.2, 0.25) is 0 Å². The Labute approximate surface area is 110 Å². The highest BCUT2D eigenvalue weighted by Crippen LogP contribution is 2.64. The molecular formula is C17H24O. The van der Waals surface area contributed by atoms with E-state index in [9.17, 15) is 5.11 Å². The van der Waals surface area contributed by atoms with E-state index in [0.29, 0.717) is 17.1 Å². The summed E-state index contributed by atoms with van der Waals surface area (Å²) in [6.45, 7) is 9.29. The number of phenolic OH excluding ortho intramolecular Hbond substituents is 1. The van der Waals surface area contributed by atoms with Crippen LogP contribution in [0.3, 0.4) is 0 Å². The molecule has 1 aromatic rings. The van der Waals surface area contributed by atoms with Crippen LogP contribution in [0.5, 0.6) is 5.75 Å². The first-order chi connectivity index (χ1) is 8.41. The SMILES string of the molecule is Cc1ccc([C@@H]2C[C@H]3C[C@@H]2[C@H](C)C3(C)C)c(O)c1. The minimum absolute atomic E-state index is 0.488. The van der Waals surface area contributed by atoms with Gasteiger partial charge in [0.05, 0.1) is 0 Å². The van der Waals surface area contributed by atoms with Crippen LogP contribution in [-0.2, 0) is 0 Å². The van der Waals surface area contributed by atoms with E-state index >= 15 is 0 Å². The Hall–Kier alpha value is -0.980. The van der Waals surface area contributed by atoms with Gasteiger partial charge in [-0.25, -0.2) is 0 Å². The van der Waals surface area contributed by atoms with Gasteiger partial charge < -0.3 is 5.11 Å². The predicted molar refractivity (Wildman–Crippen MR) is 74.7 cm³/mol. The van der Waals surface area contributed by atoms with Gasteiger partial charge in [-0.15, -0.1) is 0 Å². The van der Waals surface area contributed by atoms with Crippen molar-refractivity contribution in [2.24, 2.45) is 23.2 Å². The quantitative estimate of drug-likeness (QED) is 0.772. The third-order valence-corrected chi connectivity index (χ3v) is 6.07. The molecule has 0 radical (unpaired) electrons. The second kappa shape index (κ2) is 3.76. The number of benzene rings is 1. The molecule has 1 heteroatoms. The van der Waals surface area contributed by atoms with Crippen molar-refractivity contribution in [1.82, 2.24) is 0 Å². The van der Waals surface area contributed by atoms with Gasteiger partial charge in [0.15, 0.2) is 0 Å². The first-order valence-corrected chi connectivity index (χ1v) is 7.20. The predicted octanol–water partition coefficient (Wildman–Crippen LogP) is 4.49. The maximum Gasteiger partial charge on any atom is 0.119 e. The van der Waals surface area contributed by atoms with Gasteiger partial charge in [-0.3, -0.25) is 0 Å². The second-order valence-corrected chi connectivity index (χ2v) is 7.11. The molecule has 0 aliphatic heterocycles. The summed E-state index contributed by atoms with van der Waals surface area (Å²) in [6.07, 6.45) is 2.62. The average Bonchev–Trinajstić information content (AvgIpc) is 2.79. The lowest BCUT2D eigenvalue weighted by molar-refractivity contribution is 0.121. The highest BCUT2D eigenvalue weighted by atomic mass is 16.3. The number of fused-ring (bicyclic) bond motifs is 2. The fourth-order valence-electron chi connectivity index (χ4n) is 4.48. The molecule has 4 atom stereocenters. The summed E-state index contributed by atoms with van der Waals surface area (Å²) >= 11 is 0. The first-order valence-electron chi connectivity index (χ1n) is 7.20. The van der Waals surface area contributed by atoms with Crippen LogP contribution in [0.2, 0.25) is 0 Å². The van der Waals surface area contributed by atoms with Gasteiger partial charge in [-0.1, -0.05) is 32.9 Å². The van der Waals surface area contributed by atoms with Crippen molar-refractivity contribution in [1.29, 1.82) is 0 Å². The third-order valence-electron chi connectivity index (χ3n) is 6.07. The molecule has 3 rings (SSSR count). The van der Waals surface area contributed by atoms with E-state index in [1.54, 1.807) is 0 Å². The van der Waals surface area contributed by atoms with E-state index in [4.69, 9.17) is 0 Å². The number of hydrogen-bond donors (Lipinski definition) is 1. The highest BCUT2D eigenvalue weighted by Gasteiger charge is 2.55. The molecule has 1 nitrogen and oxygen atoms in total. The summed E-state index contributed by atoms with van der Waals surface area (Å²) < 4.78 is 0. The van der Waals surface area contributed by atoms with E-state index in [2.05, 4.69) is 32.9 Å². The van der Waals surface area contributed by atoms with Crippen LogP contribution in [0, 0.1) is 30.1 Å². The Morgan fingerprint density at radius 2 is 1.94 bits per heavy atom. The lowest BCUT2D eigenvalue weighted by Crippen LogP contribution is -2.32. The zero-order valence-corrected chi connectivity index (χ0v) is 11.9. The van der Waals surface area contributed by atoms with Crippen molar-refractivity contribution >= 4 is 0 Å². The largest absolute Gasteiger partial charge is 0.508 e. The molecule has 0 spiro atoms. The van der Waals surface area contributed by atoms with Gasteiger partial charge in [-0.2, -0.15) is 0 Å². The average molecular weight is 244 g/mol. The summed E-state index contributed by atoms with van der Waals surface area (Å²) in [6, 6.07) is 6.20. The standard InChI is InChI=1S/C17H24O/c1-10-5-6-13(16(18)7-10)15-9-12-8-14(15)11(2)17(12,3)4/h5-7,11-12,14-15,18H,8-9H2,1-4H3/t11-,12+,14+,15-/m0/s1. The Morgan fingerprint density at radius 1 is 1.22 bits per heavy atom. The van der Waals surface area contributed by atoms with Gasteiger partial charge in [-0.05, 0) is 66.0 Å². The van der Waals surface area contributed by atoms with Gasteiger partial charge >= 0.3 is 0 Å². The fraction of sp³-hybridized carbons (Fsp3) is 0.647. The zero-order valence-electron chi connectivity index (χ0n) is 11.9. The summed E-state index contributed by atoms with van der Waals surface area (Å²) in [5.74, 6) is 3.46. The van der Waals surface area contributed by atoms with E-state index in [1.165, 1.54) is 18.4 Å². The highest BCUT2D eigenvalue weighted by molar-refractivity contribution is 5.40. The maximum atomic E-state index is 10.2. The Bertz CT molecular complexity index is 470. The molecule has 2 aliphatic carbocycles. The van der Waals surface area contributed by atoms with Crippen molar-refractivity contribution in [3.8, 4) is 5.75 Å². The van der Waals surface area contributed by atoms with Crippen LogP contribution < -0.4 is 0 Å². The molecule has 98 valence electrons. The van der Waals surface area contributed by atoms with Crippen molar-refractivity contribution in [2.75, 3.05) is 0 Å². The lowest BCUT2D eigenvalue weighted by Gasteiger charge is -2.40. The Morgan fingerprint density at radius 3 is 2.50 bits per heavy atom. The maximum absolute atomic E-state index is 10.2. The molecule has 0 saturated heterocycles. The number of hydrogen-bond acceptors (Lipinski definition) is 1. The third kappa shape index (κ3) is 1.52. The van der Waals surface area contributed by atoms with Crippen LogP contribution in [-0.4, -0.2) is 5.11 Å². The van der Waals surface area contributed by atoms with Crippen molar-refractivity contribution < 1.29 is 5.11 Å². The second-order valence-electron chi connectivity index (χ2n) is 7.11. The molecule has 0 unspecified atom stereocenters. The number of aryl methyl sites for hydroxylation is 1. The fourth-order valence-corrected chi connectivity index (χ4v) is 4.48. The smallest absolute Gasteiger partial charge is 0.119 e. The molecule has 0 amide bonds. The molecule has 2 bridgehead atoms. The number of aromatic hydroxyl groups is 1. The Kier molecular flexibility index (Phi) is 2.52. The first kappa shape index (κ1) is 12.1. The normalized spacial score (nSPS) is 37.1. The molecule has 1 aromatic carbocycles. The number of rotatable bonds is 1. The van der Waals surface area contributed by atoms with Gasteiger partial charge in [0, 0.05) is 0 Å². The van der Waals surface area contributed by atoms with E-state index in [-0.39, 0.29) is 0 Å². The molecule has 1 N–H and O–H groups in total. The summed E-state index contributed by atoms with van der Waals surface area (Å²) in [5.41, 5.74) is 2.82. The van der Waals surface area contributed by atoms with Crippen LogP contribution in [0.15, 0.2) is 18.2 Å². The van der Waals surface area contributed by atoms with Gasteiger partial charge in [0.1, 0.15) is 5.75 Å².